The summed E-state index contributed by atoms with van der Waals surface area (Å²) in [5.74, 6) is 1.43. The van der Waals surface area contributed by atoms with Crippen LogP contribution in [-0.2, 0) is 0 Å². The molecule has 1 aromatic heterocycles. The fourth-order valence-corrected chi connectivity index (χ4v) is 1.75. The van der Waals surface area contributed by atoms with Crippen molar-refractivity contribution in [2.75, 3.05) is 17.6 Å². The molecule has 0 amide bonds. The third-order valence-corrected chi connectivity index (χ3v) is 2.95. The van der Waals surface area contributed by atoms with Gasteiger partial charge in [0.15, 0.2) is 0 Å². The van der Waals surface area contributed by atoms with Crippen molar-refractivity contribution >= 4 is 11.6 Å². The highest BCUT2D eigenvalue weighted by Crippen LogP contribution is 2.15. The monoisotopic (exact) mass is 236 g/mol. The van der Waals surface area contributed by atoms with Crippen LogP contribution in [0.5, 0.6) is 0 Å². The molecule has 0 aromatic carbocycles. The fraction of sp³-hybridized carbons (Fsp3) is 0.692. The second-order valence-electron chi connectivity index (χ2n) is 4.43. The molecule has 0 unspecified atom stereocenters. The smallest absolute Gasteiger partial charge is 0.134 e. The summed E-state index contributed by atoms with van der Waals surface area (Å²) in [7, 11) is 0. The maximum absolute atomic E-state index is 5.71. The third kappa shape index (κ3) is 5.02. The number of rotatable bonds is 8. The second kappa shape index (κ2) is 7.87. The molecule has 1 heterocycles. The normalized spacial score (nSPS) is 10.5. The first-order valence-corrected chi connectivity index (χ1v) is 6.56. The molecule has 0 aliphatic rings. The van der Waals surface area contributed by atoms with Crippen molar-refractivity contribution in [1.29, 1.82) is 0 Å². The molecule has 0 bridgehead atoms. The Balaban J connectivity index is 2.16. The van der Waals surface area contributed by atoms with Crippen LogP contribution in [0, 0.1) is 6.92 Å². The maximum atomic E-state index is 5.71. The molecule has 0 spiro atoms. The van der Waals surface area contributed by atoms with Gasteiger partial charge in [-0.15, -0.1) is 0 Å². The zero-order valence-corrected chi connectivity index (χ0v) is 11.0. The first-order valence-electron chi connectivity index (χ1n) is 6.56. The highest BCUT2D eigenvalue weighted by molar-refractivity contribution is 5.53. The Morgan fingerprint density at radius 1 is 1.12 bits per heavy atom. The van der Waals surface area contributed by atoms with Crippen molar-refractivity contribution < 1.29 is 0 Å². The minimum atomic E-state index is 0.561. The maximum Gasteiger partial charge on any atom is 0.134 e. The molecule has 0 atom stereocenters. The molecule has 0 saturated carbocycles. The number of nitrogens with one attached hydrogen (secondary N) is 1. The zero-order chi connectivity index (χ0) is 12.5. The van der Waals surface area contributed by atoms with Gasteiger partial charge >= 0.3 is 0 Å². The van der Waals surface area contributed by atoms with E-state index >= 15 is 0 Å². The minimum absolute atomic E-state index is 0.561. The van der Waals surface area contributed by atoms with Crippen molar-refractivity contribution in [3.63, 3.8) is 0 Å². The first-order chi connectivity index (χ1) is 8.25. The molecule has 3 N–H and O–H groups in total. The van der Waals surface area contributed by atoms with Crippen molar-refractivity contribution in [2.45, 2.75) is 52.4 Å². The van der Waals surface area contributed by atoms with Crippen molar-refractivity contribution in [3.8, 4) is 0 Å². The molecule has 0 aliphatic heterocycles. The highest BCUT2D eigenvalue weighted by atomic mass is 15.0. The van der Waals surface area contributed by atoms with Gasteiger partial charge in [0.1, 0.15) is 18.0 Å². The third-order valence-electron chi connectivity index (χ3n) is 2.95. The average Bonchev–Trinajstić information content (AvgIpc) is 2.33. The Labute approximate surface area is 104 Å². The lowest BCUT2D eigenvalue weighted by Gasteiger charge is -2.08. The molecule has 4 nitrogen and oxygen atoms in total. The average molecular weight is 236 g/mol. The van der Waals surface area contributed by atoms with Gasteiger partial charge in [-0.05, 0) is 13.3 Å². The van der Waals surface area contributed by atoms with Gasteiger partial charge in [-0.3, -0.25) is 0 Å². The molecule has 96 valence electrons. The van der Waals surface area contributed by atoms with E-state index in [1.165, 1.54) is 44.9 Å². The quantitative estimate of drug-likeness (QED) is 0.681. The van der Waals surface area contributed by atoms with Crippen LogP contribution >= 0.6 is 0 Å². The summed E-state index contributed by atoms with van der Waals surface area (Å²) in [5, 5.41) is 3.31. The van der Waals surface area contributed by atoms with Gasteiger partial charge in [0.25, 0.3) is 0 Å². The van der Waals surface area contributed by atoms with E-state index in [1.54, 1.807) is 0 Å². The predicted octanol–water partition coefficient (Wildman–Crippen LogP) is 3.14. The number of anilines is 2. The molecule has 0 radical (unpaired) electrons. The van der Waals surface area contributed by atoms with E-state index in [0.717, 1.165) is 17.9 Å². The van der Waals surface area contributed by atoms with Gasteiger partial charge < -0.3 is 11.1 Å². The van der Waals surface area contributed by atoms with Crippen LogP contribution < -0.4 is 11.1 Å². The largest absolute Gasteiger partial charge is 0.383 e. The summed E-state index contributed by atoms with van der Waals surface area (Å²) in [6, 6.07) is 0. The van der Waals surface area contributed by atoms with E-state index in [4.69, 9.17) is 5.73 Å². The number of hydrogen-bond acceptors (Lipinski definition) is 4. The lowest BCUT2D eigenvalue weighted by Crippen LogP contribution is -2.07. The SMILES string of the molecule is CCCCCCCCNc1ncnc(N)c1C. The topological polar surface area (TPSA) is 63.8 Å². The Morgan fingerprint density at radius 3 is 2.59 bits per heavy atom. The molecule has 0 aliphatic carbocycles. The molecular formula is C13H24N4. The van der Waals surface area contributed by atoms with Crippen LogP contribution in [0.25, 0.3) is 0 Å². The number of nitrogens with zero attached hydrogens (tertiary/aromatic N) is 2. The van der Waals surface area contributed by atoms with Crippen molar-refractivity contribution in [1.82, 2.24) is 9.97 Å². The van der Waals surface area contributed by atoms with Crippen LogP contribution in [0.4, 0.5) is 11.6 Å². The van der Waals surface area contributed by atoms with E-state index in [1.807, 2.05) is 6.92 Å². The van der Waals surface area contributed by atoms with Gasteiger partial charge in [-0.2, -0.15) is 0 Å². The van der Waals surface area contributed by atoms with Gasteiger partial charge in [-0.1, -0.05) is 39.0 Å². The summed E-state index contributed by atoms with van der Waals surface area (Å²) in [6.07, 6.45) is 9.33. The lowest BCUT2D eigenvalue weighted by molar-refractivity contribution is 0.616. The highest BCUT2D eigenvalue weighted by Gasteiger charge is 2.02. The number of hydrogen-bond donors (Lipinski definition) is 2. The molecule has 1 aromatic rings. The van der Waals surface area contributed by atoms with Crippen LogP contribution in [0.2, 0.25) is 0 Å². The van der Waals surface area contributed by atoms with E-state index in [2.05, 4.69) is 22.2 Å². The van der Waals surface area contributed by atoms with Crippen LogP contribution in [0.15, 0.2) is 6.33 Å². The summed E-state index contributed by atoms with van der Waals surface area (Å²) >= 11 is 0. The Morgan fingerprint density at radius 2 is 1.82 bits per heavy atom. The first kappa shape index (κ1) is 13.7. The molecule has 17 heavy (non-hydrogen) atoms. The van der Waals surface area contributed by atoms with E-state index < -0.39 is 0 Å². The van der Waals surface area contributed by atoms with Gasteiger partial charge in [0, 0.05) is 12.1 Å². The van der Waals surface area contributed by atoms with E-state index in [9.17, 15) is 0 Å². The number of unbranched alkanes of at least 4 members (excludes halogenated alkanes) is 5. The molecular weight excluding hydrogens is 212 g/mol. The number of aromatic nitrogens is 2. The van der Waals surface area contributed by atoms with Crippen molar-refractivity contribution in [2.24, 2.45) is 0 Å². The molecule has 1 rings (SSSR count). The Bertz CT molecular complexity index is 325. The van der Waals surface area contributed by atoms with Crippen LogP contribution in [-0.4, -0.2) is 16.5 Å². The molecule has 0 saturated heterocycles. The Hall–Kier alpha value is -1.32. The number of nitrogen functional groups attached to an aromatic ring is 1. The van der Waals surface area contributed by atoms with Crippen LogP contribution in [0.3, 0.4) is 0 Å². The summed E-state index contributed by atoms with van der Waals surface area (Å²) in [6.45, 7) is 5.15. The van der Waals surface area contributed by atoms with Gasteiger partial charge in [-0.25, -0.2) is 9.97 Å². The summed E-state index contributed by atoms with van der Waals surface area (Å²) < 4.78 is 0. The van der Waals surface area contributed by atoms with Crippen molar-refractivity contribution in [3.05, 3.63) is 11.9 Å². The van der Waals surface area contributed by atoms with Gasteiger partial charge in [0.05, 0.1) is 0 Å². The Kier molecular flexibility index (Phi) is 6.37. The predicted molar refractivity (Wildman–Crippen MR) is 73.0 cm³/mol. The van der Waals surface area contributed by atoms with E-state index in [0.29, 0.717) is 5.82 Å². The standard InChI is InChI=1S/C13H24N4/c1-3-4-5-6-7-8-9-15-13-11(2)12(14)16-10-17-13/h10H,3-9H2,1-2H3,(H3,14,15,16,17). The zero-order valence-electron chi connectivity index (χ0n) is 11.0. The summed E-state index contributed by atoms with van der Waals surface area (Å²) in [4.78, 5) is 8.13. The lowest BCUT2D eigenvalue weighted by atomic mass is 10.1. The minimum Gasteiger partial charge on any atom is -0.383 e. The van der Waals surface area contributed by atoms with Gasteiger partial charge in [0.2, 0.25) is 0 Å². The summed E-state index contributed by atoms with van der Waals surface area (Å²) in [5.41, 5.74) is 6.66. The molecule has 4 heteroatoms. The number of nitrogens with two attached hydrogens (primary N) is 1. The second-order valence-corrected chi connectivity index (χ2v) is 4.43. The van der Waals surface area contributed by atoms with E-state index in [-0.39, 0.29) is 0 Å². The molecule has 0 fully saturated rings. The fourth-order valence-electron chi connectivity index (χ4n) is 1.75. The van der Waals surface area contributed by atoms with Crippen LogP contribution in [0.1, 0.15) is 51.0 Å².